The summed E-state index contributed by atoms with van der Waals surface area (Å²) in [5, 5.41) is 0. The average molecular weight is 483 g/mol. The van der Waals surface area contributed by atoms with Crippen LogP contribution in [0.1, 0.15) is 33.1 Å². The first-order valence-corrected chi connectivity index (χ1v) is 16.7. The minimum Gasteiger partial charge on any atom is -0.398 e. The summed E-state index contributed by atoms with van der Waals surface area (Å²) < 4.78 is 43.3. The molecule has 2 unspecified atom stereocenters. The SMILES string of the molecule is CCO[Si](C)(CCCCOCC1CO1)OCC.CO[Si](C)(CCCOCC1CO1)OC. The van der Waals surface area contributed by atoms with Gasteiger partial charge in [0, 0.05) is 40.6 Å². The van der Waals surface area contributed by atoms with E-state index in [1.807, 2.05) is 13.8 Å². The van der Waals surface area contributed by atoms with E-state index in [4.69, 9.17) is 36.7 Å². The Morgan fingerprint density at radius 3 is 1.58 bits per heavy atom. The number of unbranched alkanes of at least 4 members (excludes halogenated alkanes) is 1. The molecule has 2 fully saturated rings. The first kappa shape index (κ1) is 29.1. The molecule has 2 aliphatic rings. The molecule has 2 saturated heterocycles. The minimum absolute atomic E-state index is 0.364. The maximum absolute atomic E-state index is 5.78. The van der Waals surface area contributed by atoms with E-state index in [0.717, 1.165) is 84.2 Å². The molecule has 0 aliphatic carbocycles. The van der Waals surface area contributed by atoms with Crippen LogP contribution in [0.4, 0.5) is 0 Å². The van der Waals surface area contributed by atoms with Gasteiger partial charge in [-0.15, -0.1) is 0 Å². The van der Waals surface area contributed by atoms with Crippen molar-refractivity contribution in [3.63, 3.8) is 0 Å². The molecule has 2 rings (SSSR count). The quantitative estimate of drug-likeness (QED) is 0.157. The van der Waals surface area contributed by atoms with Gasteiger partial charge in [-0.2, -0.15) is 0 Å². The fourth-order valence-electron chi connectivity index (χ4n) is 2.99. The molecule has 2 heterocycles. The summed E-state index contributed by atoms with van der Waals surface area (Å²) in [7, 11) is -0.336. The van der Waals surface area contributed by atoms with Crippen molar-refractivity contribution in [2.24, 2.45) is 0 Å². The third-order valence-electron chi connectivity index (χ3n) is 5.26. The maximum atomic E-state index is 5.78. The van der Waals surface area contributed by atoms with Crippen LogP contribution in [0.3, 0.4) is 0 Å². The molecule has 0 bridgehead atoms. The fourth-order valence-corrected chi connectivity index (χ4v) is 6.83. The van der Waals surface area contributed by atoms with Crippen LogP contribution < -0.4 is 0 Å². The van der Waals surface area contributed by atoms with Gasteiger partial charge in [-0.1, -0.05) is 0 Å². The standard InChI is InChI=1S/C12H26O4Si.C9H20O4Si/c1-4-15-17(3,16-5-2)9-7-6-8-13-10-12-11-14-12;1-10-14(3,11-2)6-4-5-12-7-9-8-13-9/h12H,4-11H2,1-3H3;9H,4-8H2,1-3H3. The Balaban J connectivity index is 0.000000316. The predicted octanol–water partition coefficient (Wildman–Crippen LogP) is 3.48. The average Bonchev–Trinajstić information content (AvgIpc) is 3.66. The summed E-state index contributed by atoms with van der Waals surface area (Å²) in [6.45, 7) is 14.6. The van der Waals surface area contributed by atoms with Crippen molar-refractivity contribution >= 4 is 17.1 Å². The Bertz CT molecular complexity index is 426. The summed E-state index contributed by atoms with van der Waals surface area (Å²) in [6.07, 6.45) is 3.94. The third-order valence-corrected chi connectivity index (χ3v) is 11.3. The summed E-state index contributed by atoms with van der Waals surface area (Å²) >= 11 is 0. The van der Waals surface area contributed by atoms with Gasteiger partial charge < -0.3 is 36.7 Å². The van der Waals surface area contributed by atoms with E-state index in [-0.39, 0.29) is 0 Å². The number of ether oxygens (including phenoxy) is 4. The van der Waals surface area contributed by atoms with Gasteiger partial charge >= 0.3 is 17.1 Å². The van der Waals surface area contributed by atoms with Gasteiger partial charge in [0.05, 0.1) is 26.4 Å². The van der Waals surface area contributed by atoms with Crippen LogP contribution in [0.2, 0.25) is 25.2 Å². The lowest BCUT2D eigenvalue weighted by Crippen LogP contribution is -2.38. The summed E-state index contributed by atoms with van der Waals surface area (Å²) in [5.41, 5.74) is 0. The first-order valence-electron chi connectivity index (χ1n) is 11.7. The van der Waals surface area contributed by atoms with Crippen LogP contribution in [0.25, 0.3) is 0 Å². The highest BCUT2D eigenvalue weighted by atomic mass is 28.4. The van der Waals surface area contributed by atoms with E-state index in [0.29, 0.717) is 12.2 Å². The lowest BCUT2D eigenvalue weighted by atomic mass is 10.3. The molecule has 0 aromatic carbocycles. The number of rotatable bonds is 19. The molecule has 2 aliphatic heterocycles. The molecule has 0 spiro atoms. The molecule has 31 heavy (non-hydrogen) atoms. The second-order valence-corrected chi connectivity index (χ2v) is 15.1. The molecule has 0 saturated carbocycles. The molecular formula is C21H46O8Si2. The molecule has 0 aromatic heterocycles. The number of hydrogen-bond donors (Lipinski definition) is 0. The van der Waals surface area contributed by atoms with E-state index in [1.54, 1.807) is 14.2 Å². The van der Waals surface area contributed by atoms with E-state index in [9.17, 15) is 0 Å². The van der Waals surface area contributed by atoms with Gasteiger partial charge in [0.15, 0.2) is 0 Å². The van der Waals surface area contributed by atoms with Crippen molar-refractivity contribution < 1.29 is 36.7 Å². The Kier molecular flexibility index (Phi) is 15.7. The highest BCUT2D eigenvalue weighted by Gasteiger charge is 2.30. The molecule has 186 valence electrons. The summed E-state index contributed by atoms with van der Waals surface area (Å²) in [4.78, 5) is 0. The van der Waals surface area contributed by atoms with Gasteiger partial charge in [-0.05, 0) is 58.3 Å². The highest BCUT2D eigenvalue weighted by Crippen LogP contribution is 2.17. The lowest BCUT2D eigenvalue weighted by molar-refractivity contribution is 0.113. The normalized spacial score (nSPS) is 20.3. The first-order chi connectivity index (χ1) is 14.9. The summed E-state index contributed by atoms with van der Waals surface area (Å²) in [6, 6.07) is 2.03. The van der Waals surface area contributed by atoms with Crippen LogP contribution in [0.15, 0.2) is 0 Å². The van der Waals surface area contributed by atoms with Gasteiger partial charge in [-0.25, -0.2) is 0 Å². The molecule has 10 heteroatoms. The second-order valence-electron chi connectivity index (χ2n) is 8.16. The lowest BCUT2D eigenvalue weighted by Gasteiger charge is -2.25. The topological polar surface area (TPSA) is 80.4 Å². The fraction of sp³-hybridized carbons (Fsp3) is 1.00. The smallest absolute Gasteiger partial charge is 0.334 e. The van der Waals surface area contributed by atoms with Crippen molar-refractivity contribution in [1.82, 2.24) is 0 Å². The Hall–Kier alpha value is 0.114. The van der Waals surface area contributed by atoms with Crippen molar-refractivity contribution in [3.05, 3.63) is 0 Å². The zero-order valence-corrected chi connectivity index (χ0v) is 22.6. The number of epoxide rings is 2. The largest absolute Gasteiger partial charge is 0.398 e. The monoisotopic (exact) mass is 482 g/mol. The van der Waals surface area contributed by atoms with Gasteiger partial charge in [0.2, 0.25) is 0 Å². The van der Waals surface area contributed by atoms with Crippen LogP contribution in [0, 0.1) is 0 Å². The van der Waals surface area contributed by atoms with Crippen molar-refractivity contribution in [2.75, 3.05) is 67.1 Å². The van der Waals surface area contributed by atoms with Crippen molar-refractivity contribution in [3.8, 4) is 0 Å². The van der Waals surface area contributed by atoms with Crippen LogP contribution >= 0.6 is 0 Å². The highest BCUT2D eigenvalue weighted by molar-refractivity contribution is 6.66. The molecule has 0 amide bonds. The van der Waals surface area contributed by atoms with E-state index in [1.165, 1.54) is 0 Å². The second kappa shape index (κ2) is 16.7. The third kappa shape index (κ3) is 15.6. The predicted molar refractivity (Wildman–Crippen MR) is 125 cm³/mol. The molecular weight excluding hydrogens is 436 g/mol. The van der Waals surface area contributed by atoms with E-state index < -0.39 is 17.1 Å². The maximum Gasteiger partial charge on any atom is 0.334 e. The summed E-state index contributed by atoms with van der Waals surface area (Å²) in [5.74, 6) is 0. The van der Waals surface area contributed by atoms with Crippen molar-refractivity contribution in [1.29, 1.82) is 0 Å². The molecule has 0 N–H and O–H groups in total. The molecule has 0 aromatic rings. The molecule has 2 atom stereocenters. The Morgan fingerprint density at radius 1 is 0.710 bits per heavy atom. The van der Waals surface area contributed by atoms with Crippen LogP contribution in [0.5, 0.6) is 0 Å². The Labute approximate surface area is 191 Å². The van der Waals surface area contributed by atoms with Gasteiger partial charge in [0.25, 0.3) is 0 Å². The van der Waals surface area contributed by atoms with E-state index >= 15 is 0 Å². The Morgan fingerprint density at radius 2 is 1.16 bits per heavy atom. The minimum atomic E-state index is -1.90. The van der Waals surface area contributed by atoms with Gasteiger partial charge in [0.1, 0.15) is 12.2 Å². The number of hydrogen-bond acceptors (Lipinski definition) is 8. The zero-order valence-electron chi connectivity index (χ0n) is 20.6. The molecule has 0 radical (unpaired) electrons. The van der Waals surface area contributed by atoms with Crippen LogP contribution in [-0.2, 0) is 36.7 Å². The van der Waals surface area contributed by atoms with Crippen molar-refractivity contribution in [2.45, 2.75) is 70.5 Å². The molecule has 8 nitrogen and oxygen atoms in total. The van der Waals surface area contributed by atoms with E-state index in [2.05, 4.69) is 13.1 Å². The zero-order chi connectivity index (χ0) is 23.0. The van der Waals surface area contributed by atoms with Gasteiger partial charge in [-0.3, -0.25) is 0 Å². The van der Waals surface area contributed by atoms with Crippen LogP contribution in [-0.4, -0.2) is 96.4 Å².